The van der Waals surface area contributed by atoms with Gasteiger partial charge in [-0.3, -0.25) is 9.59 Å². The largest absolute Gasteiger partial charge is 0.439 e. The highest BCUT2D eigenvalue weighted by Gasteiger charge is 2.29. The summed E-state index contributed by atoms with van der Waals surface area (Å²) in [7, 11) is 0. The maximum Gasteiger partial charge on any atom is 0.253 e. The molecule has 1 aliphatic rings. The Morgan fingerprint density at radius 2 is 2.12 bits per heavy atom. The molecule has 1 aliphatic heterocycles. The van der Waals surface area contributed by atoms with Gasteiger partial charge in [0, 0.05) is 18.2 Å². The molecule has 0 bridgehead atoms. The lowest BCUT2D eigenvalue weighted by Gasteiger charge is -2.13. The first-order valence-electron chi connectivity index (χ1n) is 8.25. The number of benzene rings is 1. The average Bonchev–Trinajstić information content (AvgIpc) is 3.13. The molecule has 0 unspecified atom stereocenters. The summed E-state index contributed by atoms with van der Waals surface area (Å²) in [4.78, 5) is 27.5. The van der Waals surface area contributed by atoms with Crippen molar-refractivity contribution in [2.24, 2.45) is 11.5 Å². The van der Waals surface area contributed by atoms with Crippen LogP contribution in [0.15, 0.2) is 42.6 Å². The molecule has 0 spiro atoms. The smallest absolute Gasteiger partial charge is 0.253 e. The Labute approximate surface area is 150 Å². The van der Waals surface area contributed by atoms with Gasteiger partial charge in [0.05, 0.1) is 18.0 Å². The summed E-state index contributed by atoms with van der Waals surface area (Å²) in [6.45, 7) is 0.411. The van der Waals surface area contributed by atoms with E-state index in [0.717, 1.165) is 6.42 Å². The van der Waals surface area contributed by atoms with Crippen molar-refractivity contribution in [3.63, 3.8) is 0 Å². The number of carbonyl (C=O) groups is 2. The number of pyridine rings is 1. The number of carbonyl (C=O) groups excluding carboxylic acids is 2. The van der Waals surface area contributed by atoms with Gasteiger partial charge in [-0.05, 0) is 37.1 Å². The molecule has 5 N–H and O–H groups in total. The van der Waals surface area contributed by atoms with E-state index in [4.69, 9.17) is 20.9 Å². The van der Waals surface area contributed by atoms with E-state index in [0.29, 0.717) is 35.8 Å². The van der Waals surface area contributed by atoms with Crippen LogP contribution in [0.2, 0.25) is 0 Å². The number of rotatable bonds is 6. The minimum absolute atomic E-state index is 0.0594. The molecule has 1 aromatic heterocycles. The van der Waals surface area contributed by atoms with E-state index in [-0.39, 0.29) is 12.0 Å². The van der Waals surface area contributed by atoms with E-state index >= 15 is 0 Å². The fourth-order valence-corrected chi connectivity index (χ4v) is 2.64. The standard InChI is InChI=1S/C18H20N4O4/c19-9-14-5-6-15(25-14)18(24)22-12-4-7-16(21-10-12)26-13-3-1-2-11(8-13)17(20)23/h1-4,7-8,10,14-15H,5-6,9,19H2,(H2,20,23)(H,22,24)/t14-,15+/m1/s1. The topological polar surface area (TPSA) is 130 Å². The van der Waals surface area contributed by atoms with Crippen LogP contribution in [0.5, 0.6) is 11.6 Å². The van der Waals surface area contributed by atoms with Crippen LogP contribution in [0.1, 0.15) is 23.2 Å². The van der Waals surface area contributed by atoms with Crippen molar-refractivity contribution >= 4 is 17.5 Å². The first-order chi connectivity index (χ1) is 12.5. The number of nitrogens with one attached hydrogen (secondary N) is 1. The molecule has 1 fully saturated rings. The number of nitrogens with zero attached hydrogens (tertiary/aromatic N) is 1. The maximum absolute atomic E-state index is 12.2. The van der Waals surface area contributed by atoms with Gasteiger partial charge < -0.3 is 26.3 Å². The maximum atomic E-state index is 12.2. The van der Waals surface area contributed by atoms with Gasteiger partial charge in [-0.1, -0.05) is 6.07 Å². The summed E-state index contributed by atoms with van der Waals surface area (Å²) in [5.41, 5.74) is 11.7. The second-order valence-corrected chi connectivity index (χ2v) is 5.93. The molecule has 0 saturated carbocycles. The second-order valence-electron chi connectivity index (χ2n) is 5.93. The van der Waals surface area contributed by atoms with Crippen molar-refractivity contribution in [1.82, 2.24) is 4.98 Å². The van der Waals surface area contributed by atoms with Crippen molar-refractivity contribution in [3.8, 4) is 11.6 Å². The van der Waals surface area contributed by atoms with Crippen molar-refractivity contribution in [2.45, 2.75) is 25.0 Å². The van der Waals surface area contributed by atoms with Crippen molar-refractivity contribution in [2.75, 3.05) is 11.9 Å². The fourth-order valence-electron chi connectivity index (χ4n) is 2.64. The summed E-state index contributed by atoms with van der Waals surface area (Å²) in [6.07, 6.45) is 2.37. The zero-order valence-corrected chi connectivity index (χ0v) is 14.1. The highest BCUT2D eigenvalue weighted by molar-refractivity contribution is 5.94. The molecule has 8 heteroatoms. The lowest BCUT2D eigenvalue weighted by molar-refractivity contribution is -0.126. The molecule has 3 rings (SSSR count). The van der Waals surface area contributed by atoms with Gasteiger partial charge in [0.15, 0.2) is 0 Å². The van der Waals surface area contributed by atoms with Crippen LogP contribution >= 0.6 is 0 Å². The zero-order chi connectivity index (χ0) is 18.5. The van der Waals surface area contributed by atoms with E-state index in [1.165, 1.54) is 12.3 Å². The molecule has 1 saturated heterocycles. The summed E-state index contributed by atoms with van der Waals surface area (Å²) < 4.78 is 11.1. The molecule has 136 valence electrons. The number of ether oxygens (including phenoxy) is 2. The predicted octanol–water partition coefficient (Wildman–Crippen LogP) is 1.42. The lowest BCUT2D eigenvalue weighted by atomic mass is 10.2. The lowest BCUT2D eigenvalue weighted by Crippen LogP contribution is -2.29. The summed E-state index contributed by atoms with van der Waals surface area (Å²) in [6, 6.07) is 9.78. The Bertz CT molecular complexity index is 794. The monoisotopic (exact) mass is 356 g/mol. The summed E-state index contributed by atoms with van der Waals surface area (Å²) in [5, 5.41) is 2.76. The highest BCUT2D eigenvalue weighted by atomic mass is 16.5. The normalized spacial score (nSPS) is 19.1. The van der Waals surface area contributed by atoms with E-state index in [2.05, 4.69) is 10.3 Å². The number of hydrogen-bond donors (Lipinski definition) is 3. The quantitative estimate of drug-likeness (QED) is 0.718. The van der Waals surface area contributed by atoms with Crippen LogP contribution in [0.4, 0.5) is 5.69 Å². The Kier molecular flexibility index (Phi) is 5.45. The summed E-state index contributed by atoms with van der Waals surface area (Å²) in [5.74, 6) is 0.0146. The van der Waals surface area contributed by atoms with Crippen LogP contribution in [-0.2, 0) is 9.53 Å². The molecule has 2 aromatic rings. The minimum atomic E-state index is -0.535. The number of amides is 2. The molecular formula is C18H20N4O4. The van der Waals surface area contributed by atoms with Gasteiger partial charge in [0.2, 0.25) is 11.8 Å². The number of anilines is 1. The average molecular weight is 356 g/mol. The van der Waals surface area contributed by atoms with E-state index < -0.39 is 12.0 Å². The van der Waals surface area contributed by atoms with Crippen molar-refractivity contribution < 1.29 is 19.1 Å². The van der Waals surface area contributed by atoms with Crippen molar-refractivity contribution in [3.05, 3.63) is 48.2 Å². The third-order valence-corrected chi connectivity index (χ3v) is 4.01. The van der Waals surface area contributed by atoms with Gasteiger partial charge in [-0.2, -0.15) is 0 Å². The minimum Gasteiger partial charge on any atom is -0.439 e. The second kappa shape index (κ2) is 7.94. The number of nitrogens with two attached hydrogens (primary N) is 2. The summed E-state index contributed by atoms with van der Waals surface area (Å²) >= 11 is 0. The Morgan fingerprint density at radius 1 is 1.27 bits per heavy atom. The Hall–Kier alpha value is -2.97. The van der Waals surface area contributed by atoms with Crippen LogP contribution in [0.25, 0.3) is 0 Å². The van der Waals surface area contributed by atoms with Gasteiger partial charge >= 0.3 is 0 Å². The third kappa shape index (κ3) is 4.35. The number of primary amides is 1. The van der Waals surface area contributed by atoms with Crippen LogP contribution in [-0.4, -0.2) is 35.6 Å². The molecule has 0 radical (unpaired) electrons. The molecule has 0 aliphatic carbocycles. The third-order valence-electron chi connectivity index (χ3n) is 4.01. The molecule has 26 heavy (non-hydrogen) atoms. The van der Waals surface area contributed by atoms with Crippen LogP contribution in [0, 0.1) is 0 Å². The van der Waals surface area contributed by atoms with Gasteiger partial charge in [0.25, 0.3) is 5.91 Å². The van der Waals surface area contributed by atoms with E-state index in [9.17, 15) is 9.59 Å². The van der Waals surface area contributed by atoms with Gasteiger partial charge in [0.1, 0.15) is 11.9 Å². The number of hydrogen-bond acceptors (Lipinski definition) is 6. The first kappa shape index (κ1) is 17.8. The number of aromatic nitrogens is 1. The SMILES string of the molecule is NC[C@H]1CC[C@@H](C(=O)Nc2ccc(Oc3cccc(C(N)=O)c3)nc2)O1. The Balaban J connectivity index is 1.59. The molecular weight excluding hydrogens is 336 g/mol. The Morgan fingerprint density at radius 3 is 2.77 bits per heavy atom. The van der Waals surface area contributed by atoms with Gasteiger partial charge in [-0.25, -0.2) is 4.98 Å². The molecule has 1 aromatic carbocycles. The first-order valence-corrected chi connectivity index (χ1v) is 8.25. The van der Waals surface area contributed by atoms with E-state index in [1.807, 2.05) is 0 Å². The van der Waals surface area contributed by atoms with Crippen LogP contribution in [0.3, 0.4) is 0 Å². The van der Waals surface area contributed by atoms with E-state index in [1.54, 1.807) is 30.3 Å². The van der Waals surface area contributed by atoms with Crippen LogP contribution < -0.4 is 21.5 Å². The fraction of sp³-hybridized carbons (Fsp3) is 0.278. The molecule has 8 nitrogen and oxygen atoms in total. The van der Waals surface area contributed by atoms with Crippen molar-refractivity contribution in [1.29, 1.82) is 0 Å². The predicted molar refractivity (Wildman–Crippen MR) is 94.9 cm³/mol. The highest BCUT2D eigenvalue weighted by Crippen LogP contribution is 2.23. The molecule has 2 amide bonds. The molecule has 2 heterocycles. The van der Waals surface area contributed by atoms with Gasteiger partial charge in [-0.15, -0.1) is 0 Å². The zero-order valence-electron chi connectivity index (χ0n) is 14.1. The molecule has 2 atom stereocenters.